The molecule has 4 aromatic rings. The minimum absolute atomic E-state index is 0.161. The van der Waals surface area contributed by atoms with Crippen molar-refractivity contribution in [1.82, 2.24) is 9.97 Å². The molecule has 2 aromatic carbocycles. The Morgan fingerprint density at radius 1 is 1.05 bits per heavy atom. The Bertz CT molecular complexity index is 1390. The van der Waals surface area contributed by atoms with E-state index in [0.29, 0.717) is 35.8 Å². The molecule has 4 rings (SSSR count). The van der Waals surface area contributed by atoms with E-state index in [-0.39, 0.29) is 11.8 Å². The number of benzene rings is 2. The molecule has 0 aliphatic carbocycles. The second-order valence-electron chi connectivity index (χ2n) is 10.7. The second kappa shape index (κ2) is 11.8. The highest BCUT2D eigenvalue weighted by Gasteiger charge is 2.24. The number of carbonyl (C=O) groups is 1. The number of nitrogens with zero attached hydrogens (tertiary/aromatic N) is 2. The summed E-state index contributed by atoms with van der Waals surface area (Å²) in [6.07, 6.45) is 5.23. The van der Waals surface area contributed by atoms with Gasteiger partial charge < -0.3 is 13.9 Å². The van der Waals surface area contributed by atoms with Gasteiger partial charge in [0.1, 0.15) is 29.3 Å². The van der Waals surface area contributed by atoms with Crippen LogP contribution >= 0.6 is 0 Å². The molecule has 0 bridgehead atoms. The molecule has 0 radical (unpaired) electrons. The van der Waals surface area contributed by atoms with Crippen LogP contribution in [0.15, 0.2) is 59.3 Å². The van der Waals surface area contributed by atoms with Crippen molar-refractivity contribution in [1.29, 1.82) is 0 Å². The zero-order valence-corrected chi connectivity index (χ0v) is 22.7. The maximum Gasteiger partial charge on any atom is 0.306 e. The first-order valence-corrected chi connectivity index (χ1v) is 13.0. The van der Waals surface area contributed by atoms with E-state index < -0.39 is 5.60 Å². The van der Waals surface area contributed by atoms with Crippen molar-refractivity contribution < 1.29 is 23.1 Å². The van der Waals surface area contributed by atoms with Gasteiger partial charge in [0.25, 0.3) is 0 Å². The second-order valence-corrected chi connectivity index (χ2v) is 10.7. The number of ether oxygens (including phenoxy) is 2. The fourth-order valence-corrected chi connectivity index (χ4v) is 4.60. The Kier molecular flexibility index (Phi) is 8.45. The molecule has 38 heavy (non-hydrogen) atoms. The van der Waals surface area contributed by atoms with Crippen molar-refractivity contribution in [3.63, 3.8) is 0 Å². The number of furan rings is 1. The first kappa shape index (κ1) is 27.3. The van der Waals surface area contributed by atoms with E-state index in [4.69, 9.17) is 13.9 Å². The summed E-state index contributed by atoms with van der Waals surface area (Å²) < 4.78 is 31.8. The van der Waals surface area contributed by atoms with E-state index in [2.05, 4.69) is 16.9 Å². The van der Waals surface area contributed by atoms with Gasteiger partial charge in [0.05, 0.1) is 23.8 Å². The molecule has 0 N–H and O–H groups in total. The average Bonchev–Trinajstić information content (AvgIpc) is 3.26. The van der Waals surface area contributed by atoms with Gasteiger partial charge >= 0.3 is 5.97 Å². The molecule has 0 spiro atoms. The number of rotatable bonds is 10. The molecule has 2 heterocycles. The zero-order valence-electron chi connectivity index (χ0n) is 22.7. The number of halogens is 1. The lowest BCUT2D eigenvalue weighted by molar-refractivity contribution is -0.154. The molecule has 1 atom stereocenters. The fourth-order valence-electron chi connectivity index (χ4n) is 4.60. The monoisotopic (exact) mass is 518 g/mol. The highest BCUT2D eigenvalue weighted by molar-refractivity contribution is 6.01. The fraction of sp³-hybridized carbons (Fsp3) is 0.387. The molecule has 0 aliphatic rings. The van der Waals surface area contributed by atoms with Crippen molar-refractivity contribution in [2.45, 2.75) is 65.4 Å². The predicted molar refractivity (Wildman–Crippen MR) is 146 cm³/mol. The van der Waals surface area contributed by atoms with Crippen LogP contribution in [0.2, 0.25) is 0 Å². The van der Waals surface area contributed by atoms with Gasteiger partial charge in [-0.15, -0.1) is 0 Å². The maximum atomic E-state index is 14.9. The van der Waals surface area contributed by atoms with Crippen molar-refractivity contribution in [2.24, 2.45) is 5.92 Å². The normalized spacial score (nSPS) is 12.5. The lowest BCUT2D eigenvalue weighted by Gasteiger charge is -2.19. The third-order valence-electron chi connectivity index (χ3n) is 6.35. The van der Waals surface area contributed by atoms with Crippen molar-refractivity contribution in [3.05, 3.63) is 66.4 Å². The van der Waals surface area contributed by atoms with Gasteiger partial charge in [-0.2, -0.15) is 0 Å². The largest absolute Gasteiger partial charge is 0.497 e. The number of unbranched alkanes of at least 4 members (excludes halogenated alkanes) is 1. The predicted octanol–water partition coefficient (Wildman–Crippen LogP) is 7.79. The van der Waals surface area contributed by atoms with Gasteiger partial charge in [-0.3, -0.25) is 4.79 Å². The number of aromatic nitrogens is 2. The summed E-state index contributed by atoms with van der Waals surface area (Å²) in [5.74, 6) is 0.933. The quantitative estimate of drug-likeness (QED) is 0.158. The number of hydrogen-bond donors (Lipinski definition) is 0. The lowest BCUT2D eigenvalue weighted by Crippen LogP contribution is -2.23. The average molecular weight is 519 g/mol. The number of hydrogen-bond acceptors (Lipinski definition) is 6. The summed E-state index contributed by atoms with van der Waals surface area (Å²) in [5, 5.41) is 0.788. The molecule has 0 aliphatic heterocycles. The molecule has 6 nitrogen and oxygen atoms in total. The Hall–Kier alpha value is -3.74. The van der Waals surface area contributed by atoms with E-state index in [0.717, 1.165) is 47.2 Å². The van der Waals surface area contributed by atoms with Crippen LogP contribution in [-0.4, -0.2) is 28.6 Å². The number of methoxy groups -OCH3 is 1. The summed E-state index contributed by atoms with van der Waals surface area (Å²) in [6.45, 7) is 7.81. The van der Waals surface area contributed by atoms with Crippen LogP contribution in [0.5, 0.6) is 5.75 Å². The molecule has 0 saturated carbocycles. The molecule has 200 valence electrons. The highest BCUT2D eigenvalue weighted by atomic mass is 19.1. The third kappa shape index (κ3) is 6.57. The Labute approximate surface area is 223 Å². The van der Waals surface area contributed by atoms with Gasteiger partial charge in [0.15, 0.2) is 0 Å². The van der Waals surface area contributed by atoms with Gasteiger partial charge in [-0.1, -0.05) is 44.0 Å². The summed E-state index contributed by atoms with van der Waals surface area (Å²) in [6, 6.07) is 14.2. The summed E-state index contributed by atoms with van der Waals surface area (Å²) in [4.78, 5) is 21.0. The van der Waals surface area contributed by atoms with Gasteiger partial charge in [-0.25, -0.2) is 14.4 Å². The summed E-state index contributed by atoms with van der Waals surface area (Å²) in [5.41, 5.74) is 2.82. The van der Waals surface area contributed by atoms with Crippen molar-refractivity contribution in [3.8, 4) is 28.2 Å². The Morgan fingerprint density at radius 3 is 2.47 bits per heavy atom. The van der Waals surface area contributed by atoms with Crippen LogP contribution in [0.3, 0.4) is 0 Å². The highest BCUT2D eigenvalue weighted by Crippen LogP contribution is 2.42. The SMILES string of the molecule is COc1ccc(-c2c(-c3ccccc3F)oc3ncnc(C[C@H](C)CCCCC(=O)OC(C)(C)C)c23)cc1. The van der Waals surface area contributed by atoms with Crippen LogP contribution in [0.25, 0.3) is 33.6 Å². The van der Waals surface area contributed by atoms with Crippen LogP contribution < -0.4 is 4.74 Å². The molecule has 0 amide bonds. The third-order valence-corrected chi connectivity index (χ3v) is 6.35. The van der Waals surface area contributed by atoms with Crippen molar-refractivity contribution >= 4 is 17.1 Å². The topological polar surface area (TPSA) is 74.5 Å². The Morgan fingerprint density at radius 2 is 1.79 bits per heavy atom. The standard InChI is InChI=1S/C31H35FN2O4/c1-20(10-6-9-13-26(35)38-31(2,3)4)18-25-28-27(21-14-16-22(36-5)17-15-21)29(37-30(28)34-19-33-25)23-11-7-8-12-24(23)32/h7-8,11-12,14-17,19-20H,6,9-10,13,18H2,1-5H3/t20-/m1/s1. The summed E-state index contributed by atoms with van der Waals surface area (Å²) in [7, 11) is 1.62. The smallest absolute Gasteiger partial charge is 0.306 e. The van der Waals surface area contributed by atoms with Gasteiger partial charge in [-0.05, 0) is 69.4 Å². The molecular formula is C31H35FN2O4. The van der Waals surface area contributed by atoms with Crippen LogP contribution in [0.1, 0.15) is 59.1 Å². The van der Waals surface area contributed by atoms with Crippen LogP contribution in [-0.2, 0) is 16.0 Å². The maximum absolute atomic E-state index is 14.9. The minimum atomic E-state index is -0.462. The number of fused-ring (bicyclic) bond motifs is 1. The molecular weight excluding hydrogens is 483 g/mol. The molecule has 7 heteroatoms. The van der Waals surface area contributed by atoms with Gasteiger partial charge in [0, 0.05) is 12.0 Å². The molecule has 0 unspecified atom stereocenters. The Balaban J connectivity index is 1.61. The van der Waals surface area contributed by atoms with E-state index in [9.17, 15) is 9.18 Å². The zero-order chi connectivity index (χ0) is 27.3. The molecule has 0 saturated heterocycles. The van der Waals surface area contributed by atoms with E-state index in [1.807, 2.05) is 45.0 Å². The molecule has 0 fully saturated rings. The van der Waals surface area contributed by atoms with Gasteiger partial charge in [0.2, 0.25) is 5.71 Å². The minimum Gasteiger partial charge on any atom is -0.497 e. The first-order chi connectivity index (χ1) is 18.2. The van der Waals surface area contributed by atoms with Crippen LogP contribution in [0.4, 0.5) is 4.39 Å². The molecule has 2 aromatic heterocycles. The van der Waals surface area contributed by atoms with Crippen molar-refractivity contribution in [2.75, 3.05) is 7.11 Å². The first-order valence-electron chi connectivity index (χ1n) is 13.0. The van der Waals surface area contributed by atoms with Crippen LogP contribution in [0, 0.1) is 11.7 Å². The lowest BCUT2D eigenvalue weighted by atomic mass is 9.93. The van der Waals surface area contributed by atoms with E-state index in [1.165, 1.54) is 12.4 Å². The van der Waals surface area contributed by atoms with E-state index >= 15 is 0 Å². The number of esters is 1. The van der Waals surface area contributed by atoms with E-state index in [1.54, 1.807) is 25.3 Å². The summed E-state index contributed by atoms with van der Waals surface area (Å²) >= 11 is 0. The number of carbonyl (C=O) groups excluding carboxylic acids is 1.